The monoisotopic (exact) mass is 1490 g/mol. The molecule has 34 heteroatoms. The number of nitrogens with one attached hydrogen (secondary N) is 7. The zero-order valence-electron chi connectivity index (χ0n) is 57.4. The van der Waals surface area contributed by atoms with Crippen molar-refractivity contribution in [1.29, 1.82) is 0 Å². The molecule has 104 heavy (non-hydrogen) atoms. The Hall–Kier alpha value is -9.61. The third-order valence-electron chi connectivity index (χ3n) is 18.7. The first-order chi connectivity index (χ1) is 48.8. The van der Waals surface area contributed by atoms with E-state index in [4.69, 9.17) is 52.6 Å². The normalized spacial score (nSPS) is 27.3. The summed E-state index contributed by atoms with van der Waals surface area (Å²) in [4.78, 5) is 134. The number of hydrogen-bond donors (Lipinski definition) is 17. The molecular weight excluding hydrogens is 1410 g/mol. The largest absolute Gasteiger partial charge is 0.508 e. The summed E-state index contributed by atoms with van der Waals surface area (Å²) in [7, 11) is 2.55. The van der Waals surface area contributed by atoms with Gasteiger partial charge in [-0.3, -0.25) is 49.0 Å². The number of rotatable bonds is 13. The van der Waals surface area contributed by atoms with Crippen molar-refractivity contribution in [2.45, 2.75) is 157 Å². The number of carbonyl (C=O) groups is 9. The number of aliphatic hydroxyl groups is 5. The number of ketones is 1. The molecule has 2 saturated heterocycles. The molecule has 0 aliphatic carbocycles. The highest BCUT2D eigenvalue weighted by molar-refractivity contribution is 6.32. The number of phenolic OH excluding ortho intramolecular Hbond substituents is 3. The van der Waals surface area contributed by atoms with Crippen LogP contribution in [-0.4, -0.2) is 185 Å². The van der Waals surface area contributed by atoms with Crippen LogP contribution in [-0.2, 0) is 53.4 Å². The Morgan fingerprint density at radius 3 is 2.07 bits per heavy atom. The average molecular weight is 1490 g/mol. The number of aliphatic hydroxyl groups excluding tert-OH is 4. The number of carboxylic acid groups (broad SMARTS) is 1. The van der Waals surface area contributed by atoms with Crippen molar-refractivity contribution in [3.8, 4) is 57.1 Å². The Morgan fingerprint density at radius 1 is 0.808 bits per heavy atom. The number of phenols is 3. The molecule has 18 N–H and O–H groups in total. The Kier molecular flexibility index (Phi) is 22.1. The standard InChI is InChI=1S/C70H81Cl2N9O23/c1-29(2)17-33(27-81(8)66(98)104-67(3,4)5)60(92)80-70(74-7)65(97)76-42(26-51(73)87)61(93)77-54-32-20-47(58(103-64-57(91)56(90)55(89)49(28-82)102-64)48(21-32)101-46-15-11-34(22-40(46)72)68(70,6)99)100-45-14-10-31(19-39(45)71)59-69(79-59)50(86)25-37(63(95)96)36-23-35(83)24-44(85)53(36)38-18-30(9-13-43(38)84)41(75-62(54)94)12-16-52(88)78-69/h9-11,13-15,18-24,29,33,37,41-42,49,54-57,59,64,74,79,82-85,89-91,99H,12,16-17,25-28H2,1-8H3,(H2,73,87)(H,75,94)(H,76,97)(H,77,93)(H,78,88)(H,80,92)(H,95,96). The minimum absolute atomic E-state index is 0.00976. The average Bonchev–Trinajstić information content (AvgIpc) is 1.50. The summed E-state index contributed by atoms with van der Waals surface area (Å²) in [6.07, 6.45) is -13.6. The molecule has 5 aromatic carbocycles. The number of amides is 7. The molecule has 5 aromatic rings. The van der Waals surface area contributed by atoms with E-state index in [9.17, 15) is 65.1 Å². The number of nitrogens with zero attached hydrogens (tertiary/aromatic N) is 1. The maximum atomic E-state index is 16.1. The number of likely N-dealkylation sites (N-methyl/N-ethyl adjacent to an activating group) is 1. The van der Waals surface area contributed by atoms with Crippen molar-refractivity contribution >= 4 is 76.5 Å². The number of nitrogens with two attached hydrogens (primary N) is 1. The van der Waals surface area contributed by atoms with Crippen molar-refractivity contribution in [3.05, 3.63) is 117 Å². The minimum atomic E-state index is -2.86. The molecule has 2 fully saturated rings. The predicted molar refractivity (Wildman–Crippen MR) is 366 cm³/mol. The molecule has 0 radical (unpaired) electrons. The fourth-order valence-corrected chi connectivity index (χ4v) is 13.7. The summed E-state index contributed by atoms with van der Waals surface area (Å²) < 4.78 is 31.0. The molecule has 7 aliphatic rings. The lowest BCUT2D eigenvalue weighted by Crippen LogP contribution is -2.77. The number of halogens is 2. The molecule has 0 saturated carbocycles. The molecular formula is C70H81Cl2N9O23. The van der Waals surface area contributed by atoms with E-state index in [1.54, 1.807) is 34.6 Å². The number of carbonyl (C=O) groups excluding carboxylic acids is 8. The van der Waals surface area contributed by atoms with Crippen LogP contribution in [0.3, 0.4) is 0 Å². The second kappa shape index (κ2) is 29.9. The molecule has 558 valence electrons. The van der Waals surface area contributed by atoms with Gasteiger partial charge < -0.3 is 107 Å². The molecule has 7 aliphatic heterocycles. The Morgan fingerprint density at radius 2 is 1.46 bits per heavy atom. The highest BCUT2D eigenvalue weighted by Crippen LogP contribution is 2.52. The number of primary amides is 1. The number of benzene rings is 5. The van der Waals surface area contributed by atoms with E-state index >= 15 is 24.0 Å². The maximum absolute atomic E-state index is 16.1. The van der Waals surface area contributed by atoms with Gasteiger partial charge in [0.15, 0.2) is 22.9 Å². The van der Waals surface area contributed by atoms with Crippen LogP contribution in [0.1, 0.15) is 126 Å². The first-order valence-corrected chi connectivity index (χ1v) is 33.8. The Balaban J connectivity index is 1.22. The molecule has 12 rings (SSSR count). The van der Waals surface area contributed by atoms with Crippen LogP contribution in [0.4, 0.5) is 4.79 Å². The van der Waals surface area contributed by atoms with Crippen LogP contribution >= 0.6 is 23.2 Å². The molecule has 32 nitrogen and oxygen atoms in total. The molecule has 7 heterocycles. The second-order valence-corrected chi connectivity index (χ2v) is 28.7. The summed E-state index contributed by atoms with van der Waals surface area (Å²) in [5.41, 5.74) is -4.36. The Bertz CT molecular complexity index is 4270. The molecule has 14 atom stereocenters. The molecule has 11 bridgehead atoms. The lowest BCUT2D eigenvalue weighted by atomic mass is 9.80. The van der Waals surface area contributed by atoms with Gasteiger partial charge in [0.25, 0.3) is 5.91 Å². The van der Waals surface area contributed by atoms with Crippen molar-refractivity contribution in [2.24, 2.45) is 17.6 Å². The SMILES string of the molecule is CNC1(NC(=O)C(CC(C)C)CN(C)C(=O)OC(C)(C)C)C(=O)NC(CC(N)=O)C(=O)NC2C(=O)NC3CCC(=O)NC4(NC4c4ccc(c(Cl)c4)Oc4cc2cc(c4OC2OC(CO)C(O)C(O)C2O)Oc2ccc(cc2Cl)C1(C)O)C(=O)CC(C(=O)O)c1cc(O)cc(O)c1-c1cc3ccc1O. The van der Waals surface area contributed by atoms with Gasteiger partial charge in [0.1, 0.15) is 76.4 Å². The summed E-state index contributed by atoms with van der Waals surface area (Å²) in [5, 5.41) is 121. The van der Waals surface area contributed by atoms with Gasteiger partial charge >= 0.3 is 12.1 Å². The van der Waals surface area contributed by atoms with E-state index in [0.717, 1.165) is 48.2 Å². The van der Waals surface area contributed by atoms with E-state index in [1.165, 1.54) is 56.6 Å². The fourth-order valence-electron chi connectivity index (χ4n) is 13.3. The number of aliphatic carboxylic acids is 1. The van der Waals surface area contributed by atoms with Gasteiger partial charge in [-0.1, -0.05) is 55.2 Å². The van der Waals surface area contributed by atoms with Gasteiger partial charge in [-0.25, -0.2) is 4.79 Å². The summed E-state index contributed by atoms with van der Waals surface area (Å²) in [6.45, 7) is 8.31. The van der Waals surface area contributed by atoms with Crippen LogP contribution in [0.5, 0.6) is 46.0 Å². The number of hydrogen-bond acceptors (Lipinski definition) is 24. The van der Waals surface area contributed by atoms with E-state index in [-0.39, 0.29) is 74.3 Å². The lowest BCUT2D eigenvalue weighted by Gasteiger charge is -2.45. The lowest BCUT2D eigenvalue weighted by molar-refractivity contribution is -0.277. The first kappa shape index (κ1) is 77.0. The topological polar surface area (TPSA) is 505 Å². The quantitative estimate of drug-likeness (QED) is 0.0595. The van der Waals surface area contributed by atoms with E-state index in [1.807, 2.05) is 0 Å². The minimum Gasteiger partial charge on any atom is -0.508 e. The Labute approximate surface area is 604 Å². The smallest absolute Gasteiger partial charge is 0.410 e. The number of carboxylic acids is 1. The fraction of sp³-hybridized carbons (Fsp3) is 0.443. The number of ether oxygens (including phenoxy) is 5. The zero-order valence-corrected chi connectivity index (χ0v) is 58.9. The van der Waals surface area contributed by atoms with Crippen LogP contribution in [0.15, 0.2) is 78.9 Å². The van der Waals surface area contributed by atoms with Crippen LogP contribution in [0.2, 0.25) is 10.0 Å². The summed E-state index contributed by atoms with van der Waals surface area (Å²) in [5.74, 6) is -17.5. The number of Topliss-reactive ketones (excluding diaryl/α,β-unsaturated/α-hetero) is 1. The molecule has 0 aromatic heterocycles. The molecule has 14 unspecified atom stereocenters. The first-order valence-electron chi connectivity index (χ1n) is 33.0. The van der Waals surface area contributed by atoms with E-state index < -0.39 is 214 Å². The van der Waals surface area contributed by atoms with Gasteiger partial charge in [-0.2, -0.15) is 0 Å². The van der Waals surface area contributed by atoms with Crippen LogP contribution in [0, 0.1) is 11.8 Å². The van der Waals surface area contributed by atoms with Gasteiger partial charge in [0, 0.05) is 43.6 Å². The van der Waals surface area contributed by atoms with Gasteiger partial charge in [-0.05, 0) is 136 Å². The third kappa shape index (κ3) is 15.6. The zero-order chi connectivity index (χ0) is 76.1. The molecule has 7 amide bonds. The highest BCUT2D eigenvalue weighted by Gasteiger charge is 2.62. The van der Waals surface area contributed by atoms with Crippen LogP contribution < -0.4 is 57.2 Å². The van der Waals surface area contributed by atoms with Crippen molar-refractivity contribution in [3.63, 3.8) is 0 Å². The number of aromatic hydroxyl groups is 3. The van der Waals surface area contributed by atoms with E-state index in [0.29, 0.717) is 0 Å². The van der Waals surface area contributed by atoms with Gasteiger partial charge in [-0.15, -0.1) is 0 Å². The third-order valence-corrected chi connectivity index (χ3v) is 19.3. The summed E-state index contributed by atoms with van der Waals surface area (Å²) in [6, 6.07) is 7.99. The predicted octanol–water partition coefficient (Wildman–Crippen LogP) is 3.09. The van der Waals surface area contributed by atoms with Crippen molar-refractivity contribution in [2.75, 3.05) is 27.2 Å². The second-order valence-electron chi connectivity index (χ2n) is 27.8. The van der Waals surface area contributed by atoms with Gasteiger partial charge in [0.05, 0.1) is 47.0 Å². The maximum Gasteiger partial charge on any atom is 0.410 e. The van der Waals surface area contributed by atoms with Crippen molar-refractivity contribution in [1.82, 2.24) is 42.1 Å². The summed E-state index contributed by atoms with van der Waals surface area (Å²) >= 11 is 14.3. The highest BCUT2D eigenvalue weighted by atomic mass is 35.5. The van der Waals surface area contributed by atoms with Gasteiger partial charge in [0.2, 0.25) is 47.2 Å². The van der Waals surface area contributed by atoms with Crippen molar-refractivity contribution < 1.29 is 113 Å². The van der Waals surface area contributed by atoms with Crippen LogP contribution in [0.25, 0.3) is 11.1 Å². The molecule has 1 spiro atoms. The van der Waals surface area contributed by atoms with E-state index in [2.05, 4.69) is 37.2 Å². The number of fused-ring (bicyclic) bond motifs is 15.